The van der Waals surface area contributed by atoms with E-state index in [2.05, 4.69) is 19.9 Å². The van der Waals surface area contributed by atoms with E-state index in [1.165, 1.54) is 0 Å². The van der Waals surface area contributed by atoms with E-state index in [-0.39, 0.29) is 18.3 Å². The van der Waals surface area contributed by atoms with Gasteiger partial charge in [-0.1, -0.05) is 57.4 Å². The summed E-state index contributed by atoms with van der Waals surface area (Å²) in [6, 6.07) is 0. The van der Waals surface area contributed by atoms with Crippen LogP contribution in [-0.4, -0.2) is 28.1 Å². The Labute approximate surface area is 158 Å². The molecular formula is C22H36O4. The zero-order valence-electron chi connectivity index (χ0n) is 16.4. The lowest BCUT2D eigenvalue weighted by molar-refractivity contribution is -0.137. The molecule has 1 rings (SSSR count). The second kappa shape index (κ2) is 12.9. The van der Waals surface area contributed by atoms with Gasteiger partial charge in [0.1, 0.15) is 5.78 Å². The monoisotopic (exact) mass is 364 g/mol. The first-order valence-corrected chi connectivity index (χ1v) is 10.2. The summed E-state index contributed by atoms with van der Waals surface area (Å²) in [6.45, 7) is 4.29. The highest BCUT2D eigenvalue weighted by molar-refractivity contribution is 5.83. The number of unbranched alkanes of at least 4 members (excludes halogenated alkanes) is 2. The number of carbonyl (C=O) groups excluding carboxylic acids is 1. The number of carboxylic acid groups (broad SMARTS) is 1. The third-order valence-corrected chi connectivity index (χ3v) is 5.46. The lowest BCUT2D eigenvalue weighted by Crippen LogP contribution is -2.18. The topological polar surface area (TPSA) is 74.6 Å². The van der Waals surface area contributed by atoms with Gasteiger partial charge in [-0.05, 0) is 43.9 Å². The molecule has 0 amide bonds. The van der Waals surface area contributed by atoms with E-state index in [9.17, 15) is 14.7 Å². The van der Waals surface area contributed by atoms with Gasteiger partial charge in [-0.2, -0.15) is 0 Å². The quantitative estimate of drug-likeness (QED) is 0.359. The average molecular weight is 365 g/mol. The Morgan fingerprint density at radius 2 is 2.04 bits per heavy atom. The Hall–Kier alpha value is -1.42. The van der Waals surface area contributed by atoms with Crippen LogP contribution in [0.1, 0.15) is 78.1 Å². The molecule has 1 aliphatic rings. The lowest BCUT2D eigenvalue weighted by Gasteiger charge is -2.19. The van der Waals surface area contributed by atoms with Gasteiger partial charge in [0, 0.05) is 18.8 Å². The zero-order chi connectivity index (χ0) is 19.4. The van der Waals surface area contributed by atoms with Crippen molar-refractivity contribution in [3.8, 4) is 0 Å². The first-order chi connectivity index (χ1) is 12.5. The van der Waals surface area contributed by atoms with Crippen molar-refractivity contribution in [2.45, 2.75) is 84.2 Å². The van der Waals surface area contributed by atoms with Gasteiger partial charge in [0.05, 0.1) is 6.10 Å². The summed E-state index contributed by atoms with van der Waals surface area (Å²) >= 11 is 0. The van der Waals surface area contributed by atoms with Crippen molar-refractivity contribution in [1.29, 1.82) is 0 Å². The van der Waals surface area contributed by atoms with E-state index >= 15 is 0 Å². The number of carboxylic acids is 1. The van der Waals surface area contributed by atoms with Gasteiger partial charge in [0.2, 0.25) is 0 Å². The van der Waals surface area contributed by atoms with E-state index in [1.54, 1.807) is 0 Å². The van der Waals surface area contributed by atoms with Gasteiger partial charge in [-0.3, -0.25) is 9.59 Å². The number of aliphatic hydroxyl groups is 1. The maximum atomic E-state index is 12.2. The fraction of sp³-hybridized carbons (Fsp3) is 0.727. The van der Waals surface area contributed by atoms with E-state index in [1.807, 2.05) is 18.2 Å². The molecule has 4 heteroatoms. The molecule has 0 aliphatic heterocycles. The average Bonchev–Trinajstić information content (AvgIpc) is 2.96. The molecule has 1 fully saturated rings. The highest BCUT2D eigenvalue weighted by Crippen LogP contribution is 2.33. The maximum absolute atomic E-state index is 12.2. The van der Waals surface area contributed by atoms with Crippen LogP contribution in [0.15, 0.2) is 24.3 Å². The number of carbonyl (C=O) groups is 2. The van der Waals surface area contributed by atoms with Crippen LogP contribution in [-0.2, 0) is 9.59 Å². The molecule has 4 atom stereocenters. The van der Waals surface area contributed by atoms with Crippen LogP contribution >= 0.6 is 0 Å². The summed E-state index contributed by atoms with van der Waals surface area (Å²) in [5.74, 6) is 0.0603. The predicted molar refractivity (Wildman–Crippen MR) is 105 cm³/mol. The van der Waals surface area contributed by atoms with Gasteiger partial charge in [-0.15, -0.1) is 0 Å². The molecule has 0 bridgehead atoms. The fourth-order valence-electron chi connectivity index (χ4n) is 3.70. The van der Waals surface area contributed by atoms with E-state index < -0.39 is 12.1 Å². The normalized spacial score (nSPS) is 23.1. The smallest absolute Gasteiger partial charge is 0.303 e. The number of aliphatic carboxylic acids is 1. The number of ketones is 1. The maximum Gasteiger partial charge on any atom is 0.303 e. The van der Waals surface area contributed by atoms with Crippen molar-refractivity contribution in [2.24, 2.45) is 17.8 Å². The fourth-order valence-corrected chi connectivity index (χ4v) is 3.70. The van der Waals surface area contributed by atoms with Crippen LogP contribution in [0.2, 0.25) is 0 Å². The van der Waals surface area contributed by atoms with Crippen molar-refractivity contribution in [3.05, 3.63) is 24.3 Å². The van der Waals surface area contributed by atoms with Crippen LogP contribution in [0.3, 0.4) is 0 Å². The molecule has 2 N–H and O–H groups in total. The molecule has 2 unspecified atom stereocenters. The Morgan fingerprint density at radius 1 is 1.27 bits per heavy atom. The van der Waals surface area contributed by atoms with Crippen molar-refractivity contribution < 1.29 is 19.8 Å². The molecule has 1 saturated carbocycles. The van der Waals surface area contributed by atoms with Crippen LogP contribution in [0.4, 0.5) is 0 Å². The minimum Gasteiger partial charge on any atom is -0.481 e. The number of hydrogen-bond donors (Lipinski definition) is 2. The standard InChI is InChI=1S/C22H36O4/c1-3-5-10-17(4-2)20(23)15-13-18-14-16-21(24)19(18)11-8-6-7-9-12-22(25)26/h6,8,13,15,17-20,23H,3-5,7,9-12,14,16H2,1-2H3,(H,25,26)/b8-6-,15-13?/t17?,18-,19+,20?/m1/s1. The number of aliphatic hydroxyl groups excluding tert-OH is 1. The molecule has 26 heavy (non-hydrogen) atoms. The molecule has 0 aromatic heterocycles. The molecule has 0 aromatic rings. The highest BCUT2D eigenvalue weighted by atomic mass is 16.4. The van der Waals surface area contributed by atoms with Crippen molar-refractivity contribution in [1.82, 2.24) is 0 Å². The van der Waals surface area contributed by atoms with Gasteiger partial charge < -0.3 is 10.2 Å². The Morgan fingerprint density at radius 3 is 2.69 bits per heavy atom. The first-order valence-electron chi connectivity index (χ1n) is 10.2. The predicted octanol–water partition coefficient (Wildman–Crippen LogP) is 4.92. The third kappa shape index (κ3) is 8.31. The lowest BCUT2D eigenvalue weighted by atomic mass is 9.89. The minimum absolute atomic E-state index is 0.00453. The zero-order valence-corrected chi connectivity index (χ0v) is 16.4. The Bertz CT molecular complexity index is 481. The summed E-state index contributed by atoms with van der Waals surface area (Å²) < 4.78 is 0. The summed E-state index contributed by atoms with van der Waals surface area (Å²) in [4.78, 5) is 22.6. The van der Waals surface area contributed by atoms with Gasteiger partial charge in [0.15, 0.2) is 0 Å². The largest absolute Gasteiger partial charge is 0.481 e. The van der Waals surface area contributed by atoms with Crippen LogP contribution in [0.25, 0.3) is 0 Å². The van der Waals surface area contributed by atoms with Crippen LogP contribution in [0.5, 0.6) is 0 Å². The minimum atomic E-state index is -0.766. The van der Waals surface area contributed by atoms with E-state index in [4.69, 9.17) is 5.11 Å². The number of hydrogen-bond acceptors (Lipinski definition) is 3. The molecule has 4 nitrogen and oxygen atoms in total. The van der Waals surface area contributed by atoms with Crippen LogP contribution < -0.4 is 0 Å². The number of rotatable bonds is 13. The summed E-state index contributed by atoms with van der Waals surface area (Å²) in [5, 5.41) is 19.1. The molecular weight excluding hydrogens is 328 g/mol. The van der Waals surface area contributed by atoms with Gasteiger partial charge in [0.25, 0.3) is 0 Å². The van der Waals surface area contributed by atoms with Crippen LogP contribution in [0, 0.1) is 17.8 Å². The van der Waals surface area contributed by atoms with Gasteiger partial charge >= 0.3 is 5.97 Å². The van der Waals surface area contributed by atoms with Crippen molar-refractivity contribution in [3.63, 3.8) is 0 Å². The molecule has 0 spiro atoms. The molecule has 0 saturated heterocycles. The van der Waals surface area contributed by atoms with E-state index in [0.29, 0.717) is 31.0 Å². The van der Waals surface area contributed by atoms with Crippen molar-refractivity contribution >= 4 is 11.8 Å². The second-order valence-electron chi connectivity index (χ2n) is 7.45. The molecule has 1 aliphatic carbocycles. The number of allylic oxidation sites excluding steroid dienone is 3. The summed E-state index contributed by atoms with van der Waals surface area (Å²) in [7, 11) is 0. The van der Waals surface area contributed by atoms with Gasteiger partial charge in [-0.25, -0.2) is 0 Å². The first kappa shape index (κ1) is 22.6. The Balaban J connectivity index is 2.49. The SMILES string of the molecule is CCCCC(CC)C(O)C=C[C@@H]1CCC(=O)[C@H]1C/C=C\CCCC(=O)O. The molecule has 148 valence electrons. The molecule has 0 radical (unpaired) electrons. The molecule has 0 heterocycles. The summed E-state index contributed by atoms with van der Waals surface area (Å²) in [6.07, 6.45) is 15.6. The molecule has 0 aromatic carbocycles. The highest BCUT2D eigenvalue weighted by Gasteiger charge is 2.32. The Kier molecular flexibility index (Phi) is 11.2. The summed E-state index contributed by atoms with van der Waals surface area (Å²) in [5.41, 5.74) is 0. The third-order valence-electron chi connectivity index (χ3n) is 5.46. The second-order valence-corrected chi connectivity index (χ2v) is 7.45. The number of Topliss-reactive ketones (excluding diaryl/α,β-unsaturated/α-hetero) is 1. The van der Waals surface area contributed by atoms with Crippen molar-refractivity contribution in [2.75, 3.05) is 0 Å². The van der Waals surface area contributed by atoms with E-state index in [0.717, 1.165) is 38.5 Å².